The Labute approximate surface area is 77.6 Å². The van der Waals surface area contributed by atoms with Gasteiger partial charge in [0.1, 0.15) is 0 Å². The molecule has 1 aromatic rings. The Morgan fingerprint density at radius 2 is 2.50 bits per heavy atom. The van der Waals surface area contributed by atoms with E-state index >= 15 is 0 Å². The average Bonchev–Trinajstić information content (AvgIpc) is 2.31. The molecule has 0 aliphatic rings. The summed E-state index contributed by atoms with van der Waals surface area (Å²) in [6.07, 6.45) is 3.94. The van der Waals surface area contributed by atoms with Crippen LogP contribution in [-0.4, -0.2) is 5.88 Å². The molecule has 1 heterocycles. The van der Waals surface area contributed by atoms with Crippen molar-refractivity contribution in [3.05, 3.63) is 26.9 Å². The van der Waals surface area contributed by atoms with E-state index in [9.17, 15) is 0 Å². The smallest absolute Gasteiger partial charge is 0.0409 e. The van der Waals surface area contributed by atoms with Gasteiger partial charge >= 0.3 is 0 Å². The summed E-state index contributed by atoms with van der Waals surface area (Å²) in [5, 5.41) is 2.04. The molecule has 0 saturated carbocycles. The first kappa shape index (κ1) is 8.31. The van der Waals surface area contributed by atoms with E-state index in [1.165, 1.54) is 4.88 Å². The Morgan fingerprint density at radius 1 is 1.70 bits per heavy atom. The van der Waals surface area contributed by atoms with Gasteiger partial charge in [-0.3, -0.25) is 0 Å². The fraction of sp³-hybridized carbons (Fsp3) is 0.143. The van der Waals surface area contributed by atoms with E-state index in [-0.39, 0.29) is 0 Å². The van der Waals surface area contributed by atoms with Crippen molar-refractivity contribution in [2.75, 3.05) is 5.88 Å². The molecular weight excluding hydrogens is 232 g/mol. The van der Waals surface area contributed by atoms with E-state index in [4.69, 9.17) is 11.6 Å². The van der Waals surface area contributed by atoms with E-state index in [0.29, 0.717) is 5.88 Å². The number of hydrogen-bond donors (Lipinski definition) is 0. The van der Waals surface area contributed by atoms with Crippen molar-refractivity contribution in [3.8, 4) is 0 Å². The molecule has 0 unspecified atom stereocenters. The fourth-order valence-corrected chi connectivity index (χ4v) is 2.09. The predicted molar refractivity (Wildman–Crippen MR) is 51.8 cm³/mol. The van der Waals surface area contributed by atoms with E-state index < -0.39 is 0 Å². The Balaban J connectivity index is 2.74. The molecule has 0 spiro atoms. The summed E-state index contributed by atoms with van der Waals surface area (Å²) in [4.78, 5) is 1.22. The minimum absolute atomic E-state index is 0.574. The van der Waals surface area contributed by atoms with Gasteiger partial charge in [0.15, 0.2) is 0 Å². The predicted octanol–water partition coefficient (Wildman–Crippen LogP) is 3.76. The summed E-state index contributed by atoms with van der Waals surface area (Å²) < 4.78 is 1.14. The van der Waals surface area contributed by atoms with Gasteiger partial charge in [-0.15, -0.1) is 22.9 Å². The molecule has 0 aliphatic carbocycles. The van der Waals surface area contributed by atoms with Crippen LogP contribution in [0, 0.1) is 0 Å². The maximum atomic E-state index is 5.47. The summed E-state index contributed by atoms with van der Waals surface area (Å²) in [5.74, 6) is 0.574. The van der Waals surface area contributed by atoms with Gasteiger partial charge in [0.05, 0.1) is 0 Å². The average molecular weight is 238 g/mol. The molecule has 0 aliphatic heterocycles. The van der Waals surface area contributed by atoms with Crippen LogP contribution in [0.4, 0.5) is 0 Å². The highest BCUT2D eigenvalue weighted by atomic mass is 79.9. The highest BCUT2D eigenvalue weighted by Gasteiger charge is 1.93. The van der Waals surface area contributed by atoms with Gasteiger partial charge < -0.3 is 0 Å². The first-order valence-electron chi connectivity index (χ1n) is 2.80. The third kappa shape index (κ3) is 2.11. The van der Waals surface area contributed by atoms with Crippen LogP contribution >= 0.6 is 38.9 Å². The third-order valence-electron chi connectivity index (χ3n) is 1.00. The lowest BCUT2D eigenvalue weighted by atomic mass is 10.4. The molecule has 0 atom stereocenters. The zero-order valence-corrected chi connectivity index (χ0v) is 8.34. The molecule has 3 heteroatoms. The molecule has 1 aromatic heterocycles. The topological polar surface area (TPSA) is 0 Å². The zero-order valence-electron chi connectivity index (χ0n) is 5.18. The van der Waals surface area contributed by atoms with E-state index in [0.717, 1.165) is 4.47 Å². The number of allylic oxidation sites excluding steroid dienone is 1. The van der Waals surface area contributed by atoms with E-state index in [1.807, 2.05) is 23.6 Å². The largest absolute Gasteiger partial charge is 0.143 e. The molecule has 0 saturated heterocycles. The summed E-state index contributed by atoms with van der Waals surface area (Å²) in [5.41, 5.74) is 0. The van der Waals surface area contributed by atoms with Gasteiger partial charge in [0, 0.05) is 15.2 Å². The van der Waals surface area contributed by atoms with Crippen LogP contribution in [0.25, 0.3) is 6.08 Å². The lowest BCUT2D eigenvalue weighted by Gasteiger charge is -1.84. The second-order valence-electron chi connectivity index (χ2n) is 1.69. The van der Waals surface area contributed by atoms with Crippen molar-refractivity contribution >= 4 is 44.9 Å². The normalized spacial score (nSPS) is 11.0. The summed E-state index contributed by atoms with van der Waals surface area (Å²) in [7, 11) is 0. The van der Waals surface area contributed by atoms with Gasteiger partial charge in [-0.1, -0.05) is 6.08 Å². The molecule has 0 radical (unpaired) electrons. The zero-order chi connectivity index (χ0) is 7.40. The molecule has 10 heavy (non-hydrogen) atoms. The Kier molecular flexibility index (Phi) is 3.46. The Bertz CT molecular complexity index is 229. The SMILES string of the molecule is ClC/C=C/c1sccc1Br. The van der Waals surface area contributed by atoms with Gasteiger partial charge in [-0.2, -0.15) is 0 Å². The van der Waals surface area contributed by atoms with Gasteiger partial charge in [0.2, 0.25) is 0 Å². The molecule has 0 amide bonds. The second kappa shape index (κ2) is 4.16. The standard InChI is InChI=1S/C7H6BrClS/c8-6-3-5-10-7(6)2-1-4-9/h1-3,5H,4H2/b2-1+. The van der Waals surface area contributed by atoms with Crippen molar-refractivity contribution in [2.24, 2.45) is 0 Å². The first-order chi connectivity index (χ1) is 4.84. The van der Waals surface area contributed by atoms with Crippen LogP contribution < -0.4 is 0 Å². The van der Waals surface area contributed by atoms with Crippen LogP contribution in [0.5, 0.6) is 0 Å². The van der Waals surface area contributed by atoms with E-state index in [1.54, 1.807) is 11.3 Å². The summed E-state index contributed by atoms with van der Waals surface area (Å²) in [6, 6.07) is 2.03. The second-order valence-corrected chi connectivity index (χ2v) is 3.80. The maximum absolute atomic E-state index is 5.47. The summed E-state index contributed by atoms with van der Waals surface area (Å²) in [6.45, 7) is 0. The fourth-order valence-electron chi connectivity index (χ4n) is 0.576. The lowest BCUT2D eigenvalue weighted by molar-refractivity contribution is 1.76. The number of hydrogen-bond acceptors (Lipinski definition) is 1. The third-order valence-corrected chi connectivity index (χ3v) is 3.02. The molecule has 1 rings (SSSR count). The molecule has 0 bridgehead atoms. The van der Waals surface area contributed by atoms with Crippen LogP contribution in [-0.2, 0) is 0 Å². The lowest BCUT2D eigenvalue weighted by Crippen LogP contribution is -1.62. The van der Waals surface area contributed by atoms with Crippen molar-refractivity contribution in [2.45, 2.75) is 0 Å². The number of rotatable bonds is 2. The van der Waals surface area contributed by atoms with Gasteiger partial charge in [-0.25, -0.2) is 0 Å². The highest BCUT2D eigenvalue weighted by Crippen LogP contribution is 2.23. The number of halogens is 2. The quantitative estimate of drug-likeness (QED) is 0.687. The van der Waals surface area contributed by atoms with Crippen LogP contribution in [0.3, 0.4) is 0 Å². The molecule has 0 nitrogen and oxygen atoms in total. The molecule has 0 N–H and O–H groups in total. The minimum atomic E-state index is 0.574. The minimum Gasteiger partial charge on any atom is -0.143 e. The van der Waals surface area contributed by atoms with E-state index in [2.05, 4.69) is 15.9 Å². The highest BCUT2D eigenvalue weighted by molar-refractivity contribution is 9.10. The Morgan fingerprint density at radius 3 is 3.00 bits per heavy atom. The molecule has 54 valence electrons. The van der Waals surface area contributed by atoms with Crippen molar-refractivity contribution < 1.29 is 0 Å². The molecule has 0 aromatic carbocycles. The van der Waals surface area contributed by atoms with Gasteiger partial charge in [-0.05, 0) is 33.5 Å². The monoisotopic (exact) mass is 236 g/mol. The van der Waals surface area contributed by atoms with Crippen molar-refractivity contribution in [1.29, 1.82) is 0 Å². The van der Waals surface area contributed by atoms with Crippen molar-refractivity contribution in [3.63, 3.8) is 0 Å². The van der Waals surface area contributed by atoms with Crippen LogP contribution in [0.15, 0.2) is 22.0 Å². The van der Waals surface area contributed by atoms with Crippen LogP contribution in [0.2, 0.25) is 0 Å². The maximum Gasteiger partial charge on any atom is 0.0409 e. The molecular formula is C7H6BrClS. The number of alkyl halides is 1. The van der Waals surface area contributed by atoms with Crippen molar-refractivity contribution in [1.82, 2.24) is 0 Å². The summed E-state index contributed by atoms with van der Waals surface area (Å²) >= 11 is 10.6. The van der Waals surface area contributed by atoms with Crippen LogP contribution in [0.1, 0.15) is 4.88 Å². The number of thiophene rings is 1. The first-order valence-corrected chi connectivity index (χ1v) is 5.01. The Hall–Kier alpha value is 0.210. The van der Waals surface area contributed by atoms with Gasteiger partial charge in [0.25, 0.3) is 0 Å². The molecule has 0 fully saturated rings.